The molecule has 0 amide bonds. The number of ether oxygens (including phenoxy) is 3. The number of fused-ring (bicyclic) bond motifs is 1. The Kier molecular flexibility index (Phi) is 7.88. The molecule has 0 bridgehead atoms. The number of aliphatic imine (C=N–C) groups is 1. The van der Waals surface area contributed by atoms with Crippen LogP contribution in [0.5, 0.6) is 23.1 Å². The van der Waals surface area contributed by atoms with Gasteiger partial charge in [-0.1, -0.05) is 6.07 Å². The third kappa shape index (κ3) is 6.45. The molecule has 0 aliphatic carbocycles. The van der Waals surface area contributed by atoms with Crippen molar-refractivity contribution in [1.82, 2.24) is 4.98 Å². The van der Waals surface area contributed by atoms with Gasteiger partial charge in [-0.3, -0.25) is 0 Å². The smallest absolute Gasteiger partial charge is 0.219 e. The van der Waals surface area contributed by atoms with E-state index >= 15 is 0 Å². The van der Waals surface area contributed by atoms with E-state index in [0.717, 1.165) is 23.4 Å². The Hall–Kier alpha value is -3.08. The summed E-state index contributed by atoms with van der Waals surface area (Å²) in [5.74, 6) is 2.29. The lowest BCUT2D eigenvalue weighted by Gasteiger charge is -2.10. The number of nitrogens with two attached hydrogens (primary N) is 1. The Morgan fingerprint density at radius 1 is 1.06 bits per heavy atom. The van der Waals surface area contributed by atoms with Gasteiger partial charge >= 0.3 is 0 Å². The van der Waals surface area contributed by atoms with Gasteiger partial charge in [0.25, 0.3) is 0 Å². The highest BCUT2D eigenvalue weighted by Gasteiger charge is 2.11. The lowest BCUT2D eigenvalue weighted by molar-refractivity contribution is 0.297. The predicted octanol–water partition coefficient (Wildman–Crippen LogP) is 4.72. The van der Waals surface area contributed by atoms with Crippen LogP contribution in [0.2, 0.25) is 0 Å². The van der Waals surface area contributed by atoms with Crippen LogP contribution in [0.15, 0.2) is 65.8 Å². The predicted molar refractivity (Wildman–Crippen MR) is 127 cm³/mol. The SMILES string of the molecule is I.NC(=NCc1ccc(Oc2ccc(F)cc2)nc1)Nc1ccc2c(c1)OCCCO2. The summed E-state index contributed by atoms with van der Waals surface area (Å²) in [5, 5.41) is 3.05. The van der Waals surface area contributed by atoms with Gasteiger partial charge in [0.1, 0.15) is 11.6 Å². The minimum atomic E-state index is -0.318. The molecule has 3 aromatic rings. The van der Waals surface area contributed by atoms with Gasteiger partial charge in [0.05, 0.1) is 19.8 Å². The van der Waals surface area contributed by atoms with Crippen molar-refractivity contribution in [2.45, 2.75) is 13.0 Å². The van der Waals surface area contributed by atoms with Crippen molar-refractivity contribution in [3.05, 3.63) is 72.2 Å². The Labute approximate surface area is 196 Å². The average molecular weight is 536 g/mol. The number of halogens is 2. The molecule has 1 aliphatic heterocycles. The van der Waals surface area contributed by atoms with Crippen LogP contribution in [0.3, 0.4) is 0 Å². The van der Waals surface area contributed by atoms with Crippen molar-refractivity contribution in [2.24, 2.45) is 10.7 Å². The van der Waals surface area contributed by atoms with E-state index in [4.69, 9.17) is 19.9 Å². The van der Waals surface area contributed by atoms with Crippen LogP contribution in [-0.2, 0) is 6.54 Å². The molecule has 4 rings (SSSR count). The maximum Gasteiger partial charge on any atom is 0.219 e. The molecule has 3 N–H and O–H groups in total. The lowest BCUT2D eigenvalue weighted by Crippen LogP contribution is -2.22. The maximum atomic E-state index is 12.9. The topological polar surface area (TPSA) is 91.0 Å². The van der Waals surface area contributed by atoms with Gasteiger partial charge in [0.15, 0.2) is 17.5 Å². The van der Waals surface area contributed by atoms with Crippen LogP contribution < -0.4 is 25.3 Å². The van der Waals surface area contributed by atoms with E-state index in [0.29, 0.717) is 37.1 Å². The second kappa shape index (κ2) is 10.8. The minimum absolute atomic E-state index is 0. The molecule has 9 heteroatoms. The molecule has 0 unspecified atom stereocenters. The molecule has 31 heavy (non-hydrogen) atoms. The summed E-state index contributed by atoms with van der Waals surface area (Å²) in [6, 6.07) is 14.9. The van der Waals surface area contributed by atoms with Crippen molar-refractivity contribution < 1.29 is 18.6 Å². The molecule has 162 valence electrons. The van der Waals surface area contributed by atoms with Crippen molar-refractivity contribution in [3.8, 4) is 23.1 Å². The van der Waals surface area contributed by atoms with E-state index in [1.165, 1.54) is 12.1 Å². The highest BCUT2D eigenvalue weighted by atomic mass is 127. The van der Waals surface area contributed by atoms with E-state index in [-0.39, 0.29) is 35.8 Å². The van der Waals surface area contributed by atoms with E-state index in [1.54, 1.807) is 24.4 Å². The summed E-state index contributed by atoms with van der Waals surface area (Å²) >= 11 is 0. The lowest BCUT2D eigenvalue weighted by atomic mass is 10.2. The van der Waals surface area contributed by atoms with Crippen LogP contribution in [0.25, 0.3) is 0 Å². The van der Waals surface area contributed by atoms with Gasteiger partial charge in [-0.2, -0.15) is 0 Å². The van der Waals surface area contributed by atoms with E-state index < -0.39 is 0 Å². The van der Waals surface area contributed by atoms with Crippen LogP contribution in [0, 0.1) is 5.82 Å². The molecule has 0 saturated heterocycles. The highest BCUT2D eigenvalue weighted by Crippen LogP contribution is 2.32. The average Bonchev–Trinajstić information content (AvgIpc) is 3.00. The zero-order chi connectivity index (χ0) is 20.8. The Morgan fingerprint density at radius 2 is 1.84 bits per heavy atom. The number of rotatable bonds is 5. The maximum absolute atomic E-state index is 12.9. The van der Waals surface area contributed by atoms with E-state index in [1.807, 2.05) is 24.3 Å². The number of benzene rings is 2. The van der Waals surface area contributed by atoms with Crippen LogP contribution in [0.1, 0.15) is 12.0 Å². The van der Waals surface area contributed by atoms with Crippen molar-refractivity contribution in [3.63, 3.8) is 0 Å². The molecular formula is C22H22FIN4O3. The molecule has 0 atom stereocenters. The molecule has 0 fully saturated rings. The molecule has 0 radical (unpaired) electrons. The fraction of sp³-hybridized carbons (Fsp3) is 0.182. The van der Waals surface area contributed by atoms with Crippen molar-refractivity contribution >= 4 is 35.6 Å². The monoisotopic (exact) mass is 536 g/mol. The first-order valence-electron chi connectivity index (χ1n) is 9.51. The normalized spacial score (nSPS) is 13.0. The Bertz CT molecular complexity index is 1030. The van der Waals surface area contributed by atoms with Crippen LogP contribution in [0.4, 0.5) is 10.1 Å². The zero-order valence-electron chi connectivity index (χ0n) is 16.6. The summed E-state index contributed by atoms with van der Waals surface area (Å²) in [4.78, 5) is 8.57. The fourth-order valence-electron chi connectivity index (χ4n) is 2.79. The minimum Gasteiger partial charge on any atom is -0.490 e. The second-order valence-corrected chi connectivity index (χ2v) is 6.60. The zero-order valence-corrected chi connectivity index (χ0v) is 18.9. The number of hydrogen-bond acceptors (Lipinski definition) is 5. The molecule has 2 heterocycles. The highest BCUT2D eigenvalue weighted by molar-refractivity contribution is 14.0. The third-order valence-electron chi connectivity index (χ3n) is 4.29. The number of aromatic nitrogens is 1. The quantitative estimate of drug-likeness (QED) is 0.279. The van der Waals surface area contributed by atoms with Crippen LogP contribution in [-0.4, -0.2) is 24.2 Å². The van der Waals surface area contributed by atoms with Gasteiger partial charge in [-0.05, 0) is 42.0 Å². The number of nitrogens with zero attached hydrogens (tertiary/aromatic N) is 2. The van der Waals surface area contributed by atoms with E-state index in [9.17, 15) is 4.39 Å². The van der Waals surface area contributed by atoms with Gasteiger partial charge in [-0.25, -0.2) is 14.4 Å². The summed E-state index contributed by atoms with van der Waals surface area (Å²) in [6.45, 7) is 1.62. The number of guanidine groups is 1. The second-order valence-electron chi connectivity index (χ2n) is 6.60. The molecule has 2 aromatic carbocycles. The molecule has 1 aromatic heterocycles. The Morgan fingerprint density at radius 3 is 2.58 bits per heavy atom. The van der Waals surface area contributed by atoms with Gasteiger partial charge in [-0.15, -0.1) is 24.0 Å². The molecule has 7 nitrogen and oxygen atoms in total. The molecule has 0 saturated carbocycles. The van der Waals surface area contributed by atoms with E-state index in [2.05, 4.69) is 15.3 Å². The van der Waals surface area contributed by atoms with Gasteiger partial charge < -0.3 is 25.3 Å². The number of anilines is 1. The number of pyridine rings is 1. The summed E-state index contributed by atoms with van der Waals surface area (Å²) in [5.41, 5.74) is 7.63. The fourth-order valence-corrected chi connectivity index (χ4v) is 2.79. The number of nitrogens with one attached hydrogen (secondary N) is 1. The largest absolute Gasteiger partial charge is 0.490 e. The first-order chi connectivity index (χ1) is 14.7. The number of hydrogen-bond donors (Lipinski definition) is 2. The first kappa shape index (κ1) is 22.6. The van der Waals surface area contributed by atoms with Crippen molar-refractivity contribution in [1.29, 1.82) is 0 Å². The van der Waals surface area contributed by atoms with Gasteiger partial charge in [0, 0.05) is 30.4 Å². The summed E-state index contributed by atoms with van der Waals surface area (Å²) < 4.78 is 29.8. The third-order valence-corrected chi connectivity index (χ3v) is 4.29. The molecule has 1 aliphatic rings. The first-order valence-corrected chi connectivity index (χ1v) is 9.51. The van der Waals surface area contributed by atoms with Crippen molar-refractivity contribution in [2.75, 3.05) is 18.5 Å². The van der Waals surface area contributed by atoms with Gasteiger partial charge in [0.2, 0.25) is 5.88 Å². The summed E-state index contributed by atoms with van der Waals surface area (Å²) in [6.07, 6.45) is 2.51. The van der Waals surface area contributed by atoms with Crippen LogP contribution >= 0.6 is 24.0 Å². The standard InChI is InChI=1S/C22H21FN4O3.HI/c23-16-3-6-18(7-4-16)30-21-9-2-15(13-25-21)14-26-22(24)27-17-5-8-19-20(12-17)29-11-1-10-28-19;/h2-9,12-13H,1,10-11,14H2,(H3,24,26,27);1H. The Balaban J connectivity index is 0.00000272. The molecular weight excluding hydrogens is 514 g/mol. The summed E-state index contributed by atoms with van der Waals surface area (Å²) in [7, 11) is 0. The molecule has 0 spiro atoms.